The maximum absolute atomic E-state index is 9.76. The lowest BCUT2D eigenvalue weighted by atomic mass is 9.82. The number of aliphatic hydroxyl groups excluding tert-OH is 1. The fourth-order valence-corrected chi connectivity index (χ4v) is 2.34. The molecule has 90 valence electrons. The largest absolute Gasteiger partial charge is 0.393 e. The molecule has 0 aromatic heterocycles. The van der Waals surface area contributed by atoms with Crippen LogP contribution < -0.4 is 5.32 Å². The van der Waals surface area contributed by atoms with Gasteiger partial charge in [0.2, 0.25) is 0 Å². The van der Waals surface area contributed by atoms with Gasteiger partial charge >= 0.3 is 0 Å². The molecule has 2 nitrogen and oxygen atoms in total. The summed E-state index contributed by atoms with van der Waals surface area (Å²) in [4.78, 5) is 0. The van der Waals surface area contributed by atoms with E-state index in [0.717, 1.165) is 18.9 Å². The average molecular weight is 213 g/mol. The highest BCUT2D eigenvalue weighted by atomic mass is 16.3. The third-order valence-electron chi connectivity index (χ3n) is 4.31. The zero-order valence-corrected chi connectivity index (χ0v) is 10.7. The van der Waals surface area contributed by atoms with Gasteiger partial charge in [-0.15, -0.1) is 0 Å². The van der Waals surface area contributed by atoms with Gasteiger partial charge in [-0.3, -0.25) is 0 Å². The molecular formula is C13H27NO. The van der Waals surface area contributed by atoms with E-state index >= 15 is 0 Å². The molecule has 1 aliphatic carbocycles. The first-order chi connectivity index (χ1) is 6.98. The fourth-order valence-electron chi connectivity index (χ4n) is 2.34. The van der Waals surface area contributed by atoms with Crippen LogP contribution in [-0.4, -0.2) is 23.8 Å². The highest BCUT2D eigenvalue weighted by Crippen LogP contribution is 2.28. The van der Waals surface area contributed by atoms with Gasteiger partial charge in [-0.2, -0.15) is 0 Å². The molecule has 0 amide bonds. The smallest absolute Gasteiger partial charge is 0.0577 e. The van der Waals surface area contributed by atoms with Crippen LogP contribution in [0.1, 0.15) is 53.4 Å². The van der Waals surface area contributed by atoms with Crippen molar-refractivity contribution in [1.29, 1.82) is 0 Å². The number of rotatable bonds is 5. The van der Waals surface area contributed by atoms with Crippen molar-refractivity contribution in [3.8, 4) is 0 Å². The second-order valence-corrected chi connectivity index (χ2v) is 5.68. The van der Waals surface area contributed by atoms with Gasteiger partial charge in [-0.05, 0) is 38.5 Å². The molecule has 1 rings (SSSR count). The van der Waals surface area contributed by atoms with Crippen molar-refractivity contribution in [2.24, 2.45) is 11.3 Å². The van der Waals surface area contributed by atoms with E-state index in [1.54, 1.807) is 0 Å². The minimum absolute atomic E-state index is 0.0336. The highest BCUT2D eigenvalue weighted by Gasteiger charge is 2.30. The Morgan fingerprint density at radius 2 is 2.13 bits per heavy atom. The normalized spacial score (nSPS) is 32.6. The maximum atomic E-state index is 9.76. The lowest BCUT2D eigenvalue weighted by Gasteiger charge is -2.33. The van der Waals surface area contributed by atoms with E-state index in [9.17, 15) is 5.11 Å². The monoisotopic (exact) mass is 213 g/mol. The molecule has 4 atom stereocenters. The van der Waals surface area contributed by atoms with Gasteiger partial charge < -0.3 is 10.4 Å². The van der Waals surface area contributed by atoms with Crippen LogP contribution in [0.5, 0.6) is 0 Å². The lowest BCUT2D eigenvalue weighted by molar-refractivity contribution is 0.0470. The van der Waals surface area contributed by atoms with Gasteiger partial charge in [0.05, 0.1) is 6.10 Å². The lowest BCUT2D eigenvalue weighted by Crippen LogP contribution is -2.42. The van der Waals surface area contributed by atoms with Crippen LogP contribution in [-0.2, 0) is 0 Å². The molecule has 0 aliphatic heterocycles. The summed E-state index contributed by atoms with van der Waals surface area (Å²) in [6, 6.07) is 0.685. The summed E-state index contributed by atoms with van der Waals surface area (Å²) in [5.41, 5.74) is 0.0336. The molecule has 2 N–H and O–H groups in total. The van der Waals surface area contributed by atoms with E-state index in [-0.39, 0.29) is 11.5 Å². The second kappa shape index (κ2) is 5.31. The molecule has 1 saturated carbocycles. The zero-order valence-electron chi connectivity index (χ0n) is 10.7. The highest BCUT2D eigenvalue weighted by molar-refractivity contribution is 4.85. The molecule has 1 aliphatic rings. The molecule has 2 heteroatoms. The Hall–Kier alpha value is -0.0800. The van der Waals surface area contributed by atoms with Crippen molar-refractivity contribution < 1.29 is 5.11 Å². The predicted molar refractivity (Wildman–Crippen MR) is 64.9 cm³/mol. The number of hydrogen-bond donors (Lipinski definition) is 2. The molecule has 15 heavy (non-hydrogen) atoms. The van der Waals surface area contributed by atoms with E-state index in [0.29, 0.717) is 6.04 Å². The van der Waals surface area contributed by atoms with Crippen LogP contribution in [0.3, 0.4) is 0 Å². The Morgan fingerprint density at radius 3 is 2.53 bits per heavy atom. The minimum atomic E-state index is -0.228. The molecular weight excluding hydrogens is 186 g/mol. The van der Waals surface area contributed by atoms with Gasteiger partial charge in [-0.25, -0.2) is 0 Å². The molecule has 0 heterocycles. The first kappa shape index (κ1) is 13.0. The summed E-state index contributed by atoms with van der Waals surface area (Å²) in [6.07, 6.45) is 4.77. The van der Waals surface area contributed by atoms with Crippen LogP contribution in [0.15, 0.2) is 0 Å². The van der Waals surface area contributed by atoms with E-state index in [1.165, 1.54) is 19.3 Å². The van der Waals surface area contributed by atoms with Gasteiger partial charge in [0.15, 0.2) is 0 Å². The van der Waals surface area contributed by atoms with Crippen molar-refractivity contribution in [1.82, 2.24) is 5.32 Å². The molecule has 0 spiro atoms. The van der Waals surface area contributed by atoms with Gasteiger partial charge in [0.25, 0.3) is 0 Å². The van der Waals surface area contributed by atoms with Crippen LogP contribution in [0, 0.1) is 11.3 Å². The third kappa shape index (κ3) is 3.46. The minimum Gasteiger partial charge on any atom is -0.393 e. The van der Waals surface area contributed by atoms with Crippen LogP contribution in [0.4, 0.5) is 0 Å². The fraction of sp³-hybridized carbons (Fsp3) is 1.00. The summed E-state index contributed by atoms with van der Waals surface area (Å²) in [5.74, 6) is 0.877. The van der Waals surface area contributed by atoms with E-state index in [4.69, 9.17) is 0 Å². The van der Waals surface area contributed by atoms with Crippen molar-refractivity contribution in [3.05, 3.63) is 0 Å². The van der Waals surface area contributed by atoms with E-state index < -0.39 is 0 Å². The number of nitrogens with one attached hydrogen (secondary N) is 1. The Bertz CT molecular complexity index is 193. The number of hydrogen-bond acceptors (Lipinski definition) is 2. The van der Waals surface area contributed by atoms with Crippen LogP contribution >= 0.6 is 0 Å². The second-order valence-electron chi connectivity index (χ2n) is 5.68. The molecule has 4 unspecified atom stereocenters. The van der Waals surface area contributed by atoms with E-state index in [1.807, 2.05) is 6.92 Å². The van der Waals surface area contributed by atoms with Gasteiger partial charge in [0, 0.05) is 18.0 Å². The third-order valence-corrected chi connectivity index (χ3v) is 4.31. The maximum Gasteiger partial charge on any atom is 0.0577 e. The van der Waals surface area contributed by atoms with Crippen molar-refractivity contribution in [2.45, 2.75) is 65.5 Å². The molecule has 1 fully saturated rings. The molecule has 0 radical (unpaired) electrons. The zero-order chi connectivity index (χ0) is 11.5. The Balaban J connectivity index is 2.34. The topological polar surface area (TPSA) is 32.3 Å². The van der Waals surface area contributed by atoms with E-state index in [2.05, 4.69) is 26.1 Å². The summed E-state index contributed by atoms with van der Waals surface area (Å²) >= 11 is 0. The summed E-state index contributed by atoms with van der Waals surface area (Å²) in [7, 11) is 0. The van der Waals surface area contributed by atoms with Crippen LogP contribution in [0.2, 0.25) is 0 Å². The summed E-state index contributed by atoms with van der Waals surface area (Å²) in [5, 5.41) is 13.4. The van der Waals surface area contributed by atoms with Crippen molar-refractivity contribution >= 4 is 0 Å². The van der Waals surface area contributed by atoms with Crippen molar-refractivity contribution in [2.75, 3.05) is 6.54 Å². The Morgan fingerprint density at radius 1 is 1.47 bits per heavy atom. The predicted octanol–water partition coefficient (Wildman–Crippen LogP) is 2.56. The molecule has 0 aromatic carbocycles. The molecule has 0 aromatic rings. The summed E-state index contributed by atoms with van der Waals surface area (Å²) in [6.45, 7) is 9.51. The molecule has 0 saturated heterocycles. The quantitative estimate of drug-likeness (QED) is 0.735. The Labute approximate surface area is 94.5 Å². The van der Waals surface area contributed by atoms with Crippen molar-refractivity contribution in [3.63, 3.8) is 0 Å². The Kier molecular flexibility index (Phi) is 4.60. The first-order valence-corrected chi connectivity index (χ1v) is 6.39. The number of aliphatic hydroxyl groups is 1. The van der Waals surface area contributed by atoms with Crippen LogP contribution in [0.25, 0.3) is 0 Å². The first-order valence-electron chi connectivity index (χ1n) is 6.39. The standard InChI is InChI=1S/C13H27NO/c1-5-13(4,11(3)15)9-14-12-7-6-10(2)8-12/h10-12,14-15H,5-9H2,1-4H3. The average Bonchev–Trinajstić information content (AvgIpc) is 2.60. The summed E-state index contributed by atoms with van der Waals surface area (Å²) < 4.78 is 0. The molecule has 0 bridgehead atoms. The van der Waals surface area contributed by atoms with Gasteiger partial charge in [0.1, 0.15) is 0 Å². The van der Waals surface area contributed by atoms with Gasteiger partial charge in [-0.1, -0.05) is 20.8 Å². The SMILES string of the molecule is CCC(C)(CNC1CCC(C)C1)C(C)O.